The Morgan fingerprint density at radius 3 is 2.43 bits per heavy atom. The molecule has 170 valence electrons. The van der Waals surface area contributed by atoms with Gasteiger partial charge in [0.1, 0.15) is 0 Å². The number of rotatable bonds is 6. The van der Waals surface area contributed by atoms with E-state index in [4.69, 9.17) is 0 Å². The van der Waals surface area contributed by atoms with Gasteiger partial charge in [-0.2, -0.15) is 0 Å². The van der Waals surface area contributed by atoms with Crippen LogP contribution in [0.3, 0.4) is 0 Å². The molecule has 3 saturated carbocycles. The second kappa shape index (κ2) is 8.40. The van der Waals surface area contributed by atoms with Crippen LogP contribution in [0.4, 0.5) is 0 Å². The molecule has 30 heavy (non-hydrogen) atoms. The van der Waals surface area contributed by atoms with Gasteiger partial charge in [-0.25, -0.2) is 0 Å². The highest BCUT2D eigenvalue weighted by molar-refractivity contribution is 5.91. The molecule has 0 N–H and O–H groups in total. The number of hydrogen-bond acceptors (Lipinski definition) is 1. The monoisotopic (exact) mass is 412 g/mol. The van der Waals surface area contributed by atoms with E-state index in [1.54, 1.807) is 0 Å². The van der Waals surface area contributed by atoms with Crippen molar-refractivity contribution in [3.63, 3.8) is 0 Å². The molecular formula is C29H48O. The summed E-state index contributed by atoms with van der Waals surface area (Å²) in [5.41, 5.74) is 2.42. The van der Waals surface area contributed by atoms with Gasteiger partial charge in [-0.1, -0.05) is 60.0 Å². The van der Waals surface area contributed by atoms with E-state index in [1.165, 1.54) is 63.4 Å². The van der Waals surface area contributed by atoms with Gasteiger partial charge in [-0.05, 0) is 110 Å². The summed E-state index contributed by atoms with van der Waals surface area (Å²) in [6.07, 6.45) is 16.5. The summed E-state index contributed by atoms with van der Waals surface area (Å²) < 4.78 is 0. The first kappa shape index (κ1) is 22.6. The van der Waals surface area contributed by atoms with E-state index in [0.29, 0.717) is 16.6 Å². The first-order valence-corrected chi connectivity index (χ1v) is 13.4. The van der Waals surface area contributed by atoms with Gasteiger partial charge >= 0.3 is 0 Å². The van der Waals surface area contributed by atoms with Crippen LogP contribution in [-0.4, -0.2) is 5.78 Å². The number of fused-ring (bicyclic) bond motifs is 5. The van der Waals surface area contributed by atoms with Crippen molar-refractivity contribution in [3.8, 4) is 0 Å². The molecule has 0 aliphatic heterocycles. The topological polar surface area (TPSA) is 17.1 Å². The fourth-order valence-corrected chi connectivity index (χ4v) is 9.22. The summed E-state index contributed by atoms with van der Waals surface area (Å²) in [5, 5.41) is 0. The average Bonchev–Trinajstić information content (AvgIpc) is 3.06. The van der Waals surface area contributed by atoms with Crippen molar-refractivity contribution in [2.75, 3.05) is 0 Å². The molecule has 0 aromatic rings. The molecule has 1 nitrogen and oxygen atoms in total. The highest BCUT2D eigenvalue weighted by Gasteiger charge is 2.59. The van der Waals surface area contributed by atoms with Gasteiger partial charge < -0.3 is 0 Å². The van der Waals surface area contributed by atoms with Crippen LogP contribution in [0.15, 0.2) is 11.6 Å². The molecule has 0 saturated heterocycles. The lowest BCUT2D eigenvalue weighted by Gasteiger charge is -2.58. The van der Waals surface area contributed by atoms with E-state index >= 15 is 0 Å². The SMILES string of the molecule is CC[C@H](CC[C@H](C)[C@H]1CC[C@H]2[C@@H]3CCC4=CC(=O)CC[C@]4(C)[C@H]3CC[C@]12C)C(C)C. The zero-order valence-corrected chi connectivity index (χ0v) is 20.8. The Hall–Kier alpha value is -0.590. The number of carbonyl (C=O) groups excluding carboxylic acids is 1. The summed E-state index contributed by atoms with van der Waals surface area (Å²) in [7, 11) is 0. The Labute approximate surface area is 186 Å². The quantitative estimate of drug-likeness (QED) is 0.429. The lowest BCUT2D eigenvalue weighted by molar-refractivity contribution is -0.117. The third-order valence-corrected chi connectivity index (χ3v) is 11.2. The van der Waals surface area contributed by atoms with Crippen LogP contribution in [-0.2, 0) is 4.79 Å². The minimum absolute atomic E-state index is 0.327. The van der Waals surface area contributed by atoms with Crippen molar-refractivity contribution in [3.05, 3.63) is 11.6 Å². The number of hydrogen-bond donors (Lipinski definition) is 0. The van der Waals surface area contributed by atoms with Crippen LogP contribution in [0, 0.1) is 52.3 Å². The first-order chi connectivity index (χ1) is 14.2. The van der Waals surface area contributed by atoms with Gasteiger partial charge in [0.15, 0.2) is 5.78 Å². The van der Waals surface area contributed by atoms with E-state index in [1.807, 2.05) is 0 Å². The smallest absolute Gasteiger partial charge is 0.155 e. The van der Waals surface area contributed by atoms with Crippen LogP contribution in [0.2, 0.25) is 0 Å². The largest absolute Gasteiger partial charge is 0.295 e. The Morgan fingerprint density at radius 2 is 1.73 bits per heavy atom. The molecule has 0 heterocycles. The van der Waals surface area contributed by atoms with Crippen LogP contribution in [0.5, 0.6) is 0 Å². The standard InChI is InChI=1S/C29H48O/c1-7-21(19(2)3)9-8-20(4)25-12-13-26-24-11-10-22-18-23(30)14-16-28(22,5)27(24)15-17-29(25,26)6/h18-21,24-27H,7-17H2,1-6H3/t20-,21+,24-,25+,26-,27-,28-,29+/m0/s1. The van der Waals surface area contributed by atoms with Gasteiger partial charge in [0.25, 0.3) is 0 Å². The Bertz CT molecular complexity index is 674. The van der Waals surface area contributed by atoms with Crippen molar-refractivity contribution in [1.82, 2.24) is 0 Å². The lowest BCUT2D eigenvalue weighted by Crippen LogP contribution is -2.51. The molecule has 0 aromatic heterocycles. The van der Waals surface area contributed by atoms with Gasteiger partial charge in [0, 0.05) is 6.42 Å². The van der Waals surface area contributed by atoms with Crippen molar-refractivity contribution in [2.24, 2.45) is 52.3 Å². The molecule has 0 amide bonds. The fourth-order valence-electron chi connectivity index (χ4n) is 9.22. The minimum atomic E-state index is 0.327. The zero-order valence-electron chi connectivity index (χ0n) is 20.8. The van der Waals surface area contributed by atoms with E-state index < -0.39 is 0 Å². The molecule has 0 unspecified atom stereocenters. The van der Waals surface area contributed by atoms with E-state index in [9.17, 15) is 4.79 Å². The van der Waals surface area contributed by atoms with Gasteiger partial charge in [-0.15, -0.1) is 0 Å². The summed E-state index contributed by atoms with van der Waals surface area (Å²) in [5.74, 6) is 6.63. The number of carbonyl (C=O) groups is 1. The zero-order chi connectivity index (χ0) is 21.7. The number of allylic oxidation sites excluding steroid dienone is 1. The molecule has 0 aromatic carbocycles. The molecule has 0 spiro atoms. The molecule has 3 fully saturated rings. The van der Waals surface area contributed by atoms with Crippen molar-refractivity contribution < 1.29 is 4.79 Å². The summed E-state index contributed by atoms with van der Waals surface area (Å²) >= 11 is 0. The maximum atomic E-state index is 12.1. The second-order valence-corrected chi connectivity index (χ2v) is 12.7. The number of ketones is 1. The highest BCUT2D eigenvalue weighted by atomic mass is 16.1. The molecule has 0 bridgehead atoms. The van der Waals surface area contributed by atoms with Gasteiger partial charge in [0.05, 0.1) is 0 Å². The van der Waals surface area contributed by atoms with Crippen LogP contribution >= 0.6 is 0 Å². The van der Waals surface area contributed by atoms with Crippen molar-refractivity contribution in [1.29, 1.82) is 0 Å². The second-order valence-electron chi connectivity index (χ2n) is 12.7. The molecule has 4 aliphatic carbocycles. The molecule has 0 radical (unpaired) electrons. The van der Waals surface area contributed by atoms with Gasteiger partial charge in [-0.3, -0.25) is 4.79 Å². The minimum Gasteiger partial charge on any atom is -0.295 e. The summed E-state index contributed by atoms with van der Waals surface area (Å²) in [6.45, 7) is 15.0. The van der Waals surface area contributed by atoms with Crippen LogP contribution < -0.4 is 0 Å². The Balaban J connectivity index is 1.48. The first-order valence-electron chi connectivity index (χ1n) is 13.4. The normalized spacial score (nSPS) is 42.9. The maximum Gasteiger partial charge on any atom is 0.155 e. The van der Waals surface area contributed by atoms with E-state index in [-0.39, 0.29) is 0 Å². The molecule has 1 heteroatoms. The molecule has 4 aliphatic rings. The maximum absolute atomic E-state index is 12.1. The third kappa shape index (κ3) is 3.65. The highest BCUT2D eigenvalue weighted by Crippen LogP contribution is 2.67. The molecular weight excluding hydrogens is 364 g/mol. The van der Waals surface area contributed by atoms with Crippen molar-refractivity contribution in [2.45, 2.75) is 112 Å². The van der Waals surface area contributed by atoms with E-state index in [2.05, 4.69) is 47.6 Å². The average molecular weight is 413 g/mol. The molecule has 4 rings (SSSR count). The summed E-state index contributed by atoms with van der Waals surface area (Å²) in [6, 6.07) is 0. The lowest BCUT2D eigenvalue weighted by atomic mass is 9.46. The predicted octanol–water partition coefficient (Wildman–Crippen LogP) is 8.23. The third-order valence-electron chi connectivity index (χ3n) is 11.2. The van der Waals surface area contributed by atoms with Crippen LogP contribution in [0.1, 0.15) is 112 Å². The Kier molecular flexibility index (Phi) is 6.33. The van der Waals surface area contributed by atoms with E-state index in [0.717, 1.165) is 54.3 Å². The van der Waals surface area contributed by atoms with Crippen LogP contribution in [0.25, 0.3) is 0 Å². The molecule has 8 atom stereocenters. The van der Waals surface area contributed by atoms with Gasteiger partial charge in [0.2, 0.25) is 0 Å². The Morgan fingerprint density at radius 1 is 0.967 bits per heavy atom. The predicted molar refractivity (Wildman–Crippen MR) is 127 cm³/mol. The fraction of sp³-hybridized carbons (Fsp3) is 0.897. The van der Waals surface area contributed by atoms with Crippen molar-refractivity contribution >= 4 is 5.78 Å². The summed E-state index contributed by atoms with van der Waals surface area (Å²) in [4.78, 5) is 12.1.